The molecule has 3 rings (SSSR count). The Labute approximate surface area is 208 Å². The average Bonchev–Trinajstić information content (AvgIpc) is 3.10. The maximum Gasteiger partial charge on any atom is 0.215 e. The van der Waals surface area contributed by atoms with Crippen LogP contribution >= 0.6 is 0 Å². The smallest absolute Gasteiger partial charge is 0.215 e. The molecule has 2 N–H and O–H groups in total. The summed E-state index contributed by atoms with van der Waals surface area (Å²) < 4.78 is 10.9. The SMILES string of the molecule is C/C=C1\C(=C/COC)C(C)(Cc2ccc(O)cc2)/C(=C/C=N\COC(=N)c2ccccc2)N1CC. The monoisotopic (exact) mass is 473 g/mol. The molecule has 1 unspecified atom stereocenters. The van der Waals surface area contributed by atoms with Crippen LogP contribution in [-0.4, -0.2) is 49.1 Å². The molecule has 1 fully saturated rings. The Kier molecular flexibility index (Phi) is 9.04. The Balaban J connectivity index is 1.89. The lowest BCUT2D eigenvalue weighted by atomic mass is 9.75. The second kappa shape index (κ2) is 12.2. The number of likely N-dealkylation sites (tertiary alicyclic amines) is 1. The normalized spacial score (nSPS) is 21.5. The molecule has 0 aliphatic carbocycles. The zero-order chi connectivity index (χ0) is 25.3. The maximum atomic E-state index is 9.74. The van der Waals surface area contributed by atoms with E-state index in [2.05, 4.69) is 42.8 Å². The first-order valence-electron chi connectivity index (χ1n) is 11.8. The Morgan fingerprint density at radius 1 is 1.14 bits per heavy atom. The Morgan fingerprint density at radius 3 is 2.49 bits per heavy atom. The summed E-state index contributed by atoms with van der Waals surface area (Å²) in [6.45, 7) is 7.83. The number of ether oxygens (including phenoxy) is 2. The van der Waals surface area contributed by atoms with Gasteiger partial charge in [0, 0.05) is 42.2 Å². The highest BCUT2D eigenvalue weighted by molar-refractivity contribution is 5.91. The topological polar surface area (TPSA) is 78.1 Å². The van der Waals surface area contributed by atoms with Crippen LogP contribution in [0.15, 0.2) is 94.8 Å². The van der Waals surface area contributed by atoms with Gasteiger partial charge < -0.3 is 19.5 Å². The number of aliphatic imine (C=N–C) groups is 1. The van der Waals surface area contributed by atoms with Gasteiger partial charge in [-0.15, -0.1) is 0 Å². The number of methoxy groups -OCH3 is 1. The first kappa shape index (κ1) is 26.0. The van der Waals surface area contributed by atoms with Gasteiger partial charge in [0.15, 0.2) is 6.73 Å². The number of likely N-dealkylation sites (N-methyl/N-ethyl adjacent to an activating group) is 1. The van der Waals surface area contributed by atoms with Crippen molar-refractivity contribution < 1.29 is 14.6 Å². The number of phenolic OH excluding ortho intramolecular Hbond substituents is 1. The number of hydrogen-bond acceptors (Lipinski definition) is 6. The van der Waals surface area contributed by atoms with Crippen molar-refractivity contribution in [2.24, 2.45) is 10.4 Å². The summed E-state index contributed by atoms with van der Waals surface area (Å²) in [6.07, 6.45) is 8.85. The van der Waals surface area contributed by atoms with Gasteiger partial charge >= 0.3 is 0 Å². The van der Waals surface area contributed by atoms with Gasteiger partial charge in [0.05, 0.1) is 6.61 Å². The molecule has 1 atom stereocenters. The number of hydrogen-bond donors (Lipinski definition) is 2. The molecule has 1 aliphatic rings. The van der Waals surface area contributed by atoms with E-state index in [1.54, 1.807) is 25.5 Å². The molecule has 2 aromatic rings. The summed E-state index contributed by atoms with van der Waals surface area (Å²) in [5.74, 6) is 0.360. The second-order valence-corrected chi connectivity index (χ2v) is 8.52. The molecule has 35 heavy (non-hydrogen) atoms. The second-order valence-electron chi connectivity index (χ2n) is 8.52. The van der Waals surface area contributed by atoms with Crippen molar-refractivity contribution in [2.45, 2.75) is 27.2 Å². The summed E-state index contributed by atoms with van der Waals surface area (Å²) >= 11 is 0. The molecule has 1 saturated heterocycles. The van der Waals surface area contributed by atoms with E-state index < -0.39 is 0 Å². The first-order valence-corrected chi connectivity index (χ1v) is 11.8. The van der Waals surface area contributed by atoms with Gasteiger partial charge in [-0.05, 0) is 68.7 Å². The fourth-order valence-corrected chi connectivity index (χ4v) is 4.56. The predicted octanol–water partition coefficient (Wildman–Crippen LogP) is 5.71. The number of aromatic hydroxyl groups is 1. The molecule has 2 aromatic carbocycles. The molecule has 0 spiro atoms. The van der Waals surface area contributed by atoms with E-state index in [0.717, 1.165) is 35.5 Å². The zero-order valence-corrected chi connectivity index (χ0v) is 21.0. The average molecular weight is 474 g/mol. The molecule has 1 aliphatic heterocycles. The Hall–Kier alpha value is -3.64. The summed E-state index contributed by atoms with van der Waals surface area (Å²) in [7, 11) is 1.70. The van der Waals surface area contributed by atoms with Crippen molar-refractivity contribution >= 4 is 12.1 Å². The predicted molar refractivity (Wildman–Crippen MR) is 142 cm³/mol. The Bertz CT molecular complexity index is 1120. The van der Waals surface area contributed by atoms with Gasteiger partial charge in [0.2, 0.25) is 5.90 Å². The van der Waals surface area contributed by atoms with Gasteiger partial charge in [0.25, 0.3) is 0 Å². The summed E-state index contributed by atoms with van der Waals surface area (Å²) in [5, 5.41) is 17.8. The van der Waals surface area contributed by atoms with Crippen LogP contribution in [-0.2, 0) is 15.9 Å². The Morgan fingerprint density at radius 2 is 1.86 bits per heavy atom. The molecule has 0 saturated carbocycles. The first-order chi connectivity index (χ1) is 16.9. The van der Waals surface area contributed by atoms with Crippen LogP contribution in [0, 0.1) is 10.8 Å². The quantitative estimate of drug-likeness (QED) is 0.361. The van der Waals surface area contributed by atoms with Crippen LogP contribution in [0.5, 0.6) is 5.75 Å². The third-order valence-electron chi connectivity index (χ3n) is 6.21. The number of nitrogens with zero attached hydrogens (tertiary/aromatic N) is 2. The summed E-state index contributed by atoms with van der Waals surface area (Å²) in [6, 6.07) is 16.7. The van der Waals surface area contributed by atoms with Crippen LogP contribution in [0.1, 0.15) is 31.9 Å². The highest BCUT2D eigenvalue weighted by Crippen LogP contribution is 2.51. The molecule has 1 heterocycles. The number of nitrogens with one attached hydrogen (secondary N) is 1. The number of benzene rings is 2. The van der Waals surface area contributed by atoms with E-state index in [0.29, 0.717) is 6.61 Å². The molecule has 6 nitrogen and oxygen atoms in total. The van der Waals surface area contributed by atoms with Crippen molar-refractivity contribution in [1.82, 2.24) is 4.90 Å². The van der Waals surface area contributed by atoms with Gasteiger partial charge in [0.1, 0.15) is 5.75 Å². The third-order valence-corrected chi connectivity index (χ3v) is 6.21. The largest absolute Gasteiger partial charge is 0.508 e. The van der Waals surface area contributed by atoms with E-state index in [1.807, 2.05) is 48.5 Å². The molecule has 6 heteroatoms. The number of phenols is 1. The van der Waals surface area contributed by atoms with Crippen molar-refractivity contribution in [3.8, 4) is 5.75 Å². The van der Waals surface area contributed by atoms with E-state index in [1.165, 1.54) is 5.57 Å². The minimum Gasteiger partial charge on any atom is -0.508 e. The van der Waals surface area contributed by atoms with Gasteiger partial charge in [-0.2, -0.15) is 0 Å². The molecule has 0 amide bonds. The molecular formula is C29H35N3O3. The standard InChI is InChI=1S/C29H35N3O3/c1-5-26-25(17-19-34-4)29(3,20-22-12-14-24(33)15-13-22)27(32(26)6-2)16-18-31-21-35-28(30)23-10-8-7-9-11-23/h5,7-18,30,33H,6,19-21H2,1-4H3/b25-17+,26-5+,27-16-,30-28?,31-18-. The van der Waals surface area contributed by atoms with Crippen molar-refractivity contribution in [2.75, 3.05) is 27.0 Å². The van der Waals surface area contributed by atoms with E-state index in [-0.39, 0.29) is 23.8 Å². The van der Waals surface area contributed by atoms with E-state index >= 15 is 0 Å². The lowest BCUT2D eigenvalue weighted by Crippen LogP contribution is -2.25. The van der Waals surface area contributed by atoms with Crippen LogP contribution in [0.25, 0.3) is 0 Å². The molecular weight excluding hydrogens is 438 g/mol. The van der Waals surface area contributed by atoms with E-state index in [4.69, 9.17) is 14.9 Å². The van der Waals surface area contributed by atoms with Crippen molar-refractivity contribution in [3.05, 3.63) is 101 Å². The lowest BCUT2D eigenvalue weighted by Gasteiger charge is -2.29. The number of rotatable bonds is 9. The molecule has 0 bridgehead atoms. The molecule has 184 valence electrons. The van der Waals surface area contributed by atoms with Crippen molar-refractivity contribution in [3.63, 3.8) is 0 Å². The minimum absolute atomic E-state index is 0.0706. The van der Waals surface area contributed by atoms with Crippen LogP contribution < -0.4 is 0 Å². The van der Waals surface area contributed by atoms with Crippen LogP contribution in [0.3, 0.4) is 0 Å². The van der Waals surface area contributed by atoms with E-state index in [9.17, 15) is 5.11 Å². The van der Waals surface area contributed by atoms with Gasteiger partial charge in [-0.3, -0.25) is 10.4 Å². The molecule has 0 radical (unpaired) electrons. The van der Waals surface area contributed by atoms with Gasteiger partial charge in [-0.25, -0.2) is 0 Å². The van der Waals surface area contributed by atoms with Crippen LogP contribution in [0.2, 0.25) is 0 Å². The summed E-state index contributed by atoms with van der Waals surface area (Å²) in [4.78, 5) is 6.71. The third kappa shape index (κ3) is 6.08. The minimum atomic E-state index is -0.322. The highest BCUT2D eigenvalue weighted by atomic mass is 16.5. The lowest BCUT2D eigenvalue weighted by molar-refractivity contribution is 0.232. The summed E-state index contributed by atoms with van der Waals surface area (Å²) in [5.41, 5.74) is 5.03. The zero-order valence-electron chi connectivity index (χ0n) is 21.0. The fraction of sp³-hybridized carbons (Fsp3) is 0.310. The fourth-order valence-electron chi connectivity index (χ4n) is 4.56. The number of allylic oxidation sites excluding steroid dienone is 4. The highest BCUT2D eigenvalue weighted by Gasteiger charge is 2.45. The molecule has 0 aromatic heterocycles. The van der Waals surface area contributed by atoms with Gasteiger partial charge in [-0.1, -0.05) is 42.5 Å². The van der Waals surface area contributed by atoms with Crippen LogP contribution in [0.4, 0.5) is 0 Å². The van der Waals surface area contributed by atoms with Crippen molar-refractivity contribution in [1.29, 1.82) is 5.41 Å². The maximum absolute atomic E-state index is 9.74.